The normalized spacial score (nSPS) is 15.0. The number of hydrogen-bond acceptors (Lipinski definition) is 4. The van der Waals surface area contributed by atoms with Crippen molar-refractivity contribution in [1.29, 1.82) is 0 Å². The van der Waals surface area contributed by atoms with Gasteiger partial charge < -0.3 is 15.4 Å². The molecule has 96 valence electrons. The number of nitrogens with zero attached hydrogens (tertiary/aromatic N) is 2. The largest absolute Gasteiger partial charge is 0.461 e. The van der Waals surface area contributed by atoms with Crippen LogP contribution in [0.3, 0.4) is 0 Å². The van der Waals surface area contributed by atoms with Gasteiger partial charge in [-0.2, -0.15) is 0 Å². The number of primary amides is 1. The second kappa shape index (κ2) is 5.29. The summed E-state index contributed by atoms with van der Waals surface area (Å²) in [6.45, 7) is 0.407. The van der Waals surface area contributed by atoms with Crippen LogP contribution in [0.4, 0.5) is 5.69 Å². The first-order chi connectivity index (χ1) is 7.77. The third-order valence-electron chi connectivity index (χ3n) is 2.59. The van der Waals surface area contributed by atoms with E-state index < -0.39 is 5.91 Å². The molecule has 1 aromatic carbocycles. The monoisotopic (exact) mass is 287 g/mol. The van der Waals surface area contributed by atoms with E-state index in [1.807, 2.05) is 29.2 Å². The van der Waals surface area contributed by atoms with Gasteiger partial charge in [-0.3, -0.25) is 9.79 Å². The number of nitrogens with two attached hydrogens (primary N) is 1. The second-order valence-corrected chi connectivity index (χ2v) is 3.53. The Morgan fingerprint density at radius 1 is 1.33 bits per heavy atom. The number of halogens is 2. The van der Waals surface area contributed by atoms with E-state index in [-0.39, 0.29) is 30.5 Å². The number of anilines is 1. The Morgan fingerprint density at radius 3 is 2.78 bits per heavy atom. The smallest absolute Gasteiger partial charge is 0.269 e. The van der Waals surface area contributed by atoms with Gasteiger partial charge in [0.25, 0.3) is 5.91 Å². The molecule has 0 aromatic heterocycles. The molecule has 7 heteroatoms. The summed E-state index contributed by atoms with van der Waals surface area (Å²) in [6, 6.07) is 7.59. The zero-order valence-electron chi connectivity index (χ0n) is 9.20. The minimum absolute atomic E-state index is 0. The maximum Gasteiger partial charge on any atom is 0.269 e. The van der Waals surface area contributed by atoms with Gasteiger partial charge in [-0.1, -0.05) is 12.1 Å². The highest BCUT2D eigenvalue weighted by atomic mass is 35.5. The number of carbonyl (C=O) groups is 1. The molecule has 0 saturated carbocycles. The average Bonchev–Trinajstić information content (AvgIpc) is 2.73. The van der Waals surface area contributed by atoms with Gasteiger partial charge in [-0.05, 0) is 12.1 Å². The molecule has 0 saturated heterocycles. The Bertz CT molecular complexity index is 543. The minimum Gasteiger partial charge on any atom is -0.461 e. The maximum absolute atomic E-state index is 11.1. The Morgan fingerprint density at radius 2 is 2.06 bits per heavy atom. The van der Waals surface area contributed by atoms with Crippen molar-refractivity contribution in [3.8, 4) is 5.75 Å². The summed E-state index contributed by atoms with van der Waals surface area (Å²) in [5.74, 6) is 0.226. The summed E-state index contributed by atoms with van der Waals surface area (Å²) in [5, 5.41) is 0. The van der Waals surface area contributed by atoms with Gasteiger partial charge in [0.15, 0.2) is 5.71 Å². The van der Waals surface area contributed by atoms with Crippen molar-refractivity contribution >= 4 is 42.1 Å². The molecule has 2 N–H and O–H groups in total. The third-order valence-corrected chi connectivity index (χ3v) is 2.59. The first-order valence-electron chi connectivity index (χ1n) is 4.85. The number of carbonyl (C=O) groups excluding carboxylic acids is 1. The first-order valence-corrected chi connectivity index (χ1v) is 4.85. The lowest BCUT2D eigenvalue weighted by Crippen LogP contribution is -2.30. The predicted molar refractivity (Wildman–Crippen MR) is 73.6 cm³/mol. The number of aliphatic imine (C=N–C) groups is 1. The van der Waals surface area contributed by atoms with E-state index in [1.54, 1.807) is 0 Å². The molecule has 1 aromatic rings. The lowest BCUT2D eigenvalue weighted by molar-refractivity contribution is -0.111. The Balaban J connectivity index is 0.000000810. The number of rotatable bonds is 1. The molecule has 0 radical (unpaired) electrons. The summed E-state index contributed by atoms with van der Waals surface area (Å²) in [4.78, 5) is 17.1. The molecule has 1 amide bonds. The number of para-hydroxylation sites is 2. The van der Waals surface area contributed by atoms with Crippen LogP contribution < -0.4 is 15.4 Å². The lowest BCUT2D eigenvalue weighted by atomic mass is 10.2. The summed E-state index contributed by atoms with van der Waals surface area (Å²) in [5.41, 5.74) is 7.04. The number of hydrogen-bond donors (Lipinski definition) is 1. The van der Waals surface area contributed by atoms with Crippen LogP contribution in [0, 0.1) is 0 Å². The standard InChI is InChI=1S/C11H9N3O2.2ClH/c12-11(15)10-8-5-16-9-4-2-1-3-7(9)14(8)6-13-10;;/h1-5H,6H2,(H2,12,15);2*1H. The van der Waals surface area contributed by atoms with E-state index >= 15 is 0 Å². The lowest BCUT2D eigenvalue weighted by Gasteiger charge is -2.25. The fraction of sp³-hybridized carbons (Fsp3) is 0.0909. The molecule has 0 spiro atoms. The predicted octanol–water partition coefficient (Wildman–Crippen LogP) is 1.47. The zero-order chi connectivity index (χ0) is 11.1. The van der Waals surface area contributed by atoms with Gasteiger partial charge in [0.2, 0.25) is 0 Å². The maximum atomic E-state index is 11.1. The van der Waals surface area contributed by atoms with Crippen LogP contribution in [0.5, 0.6) is 5.75 Å². The summed E-state index contributed by atoms with van der Waals surface area (Å²) >= 11 is 0. The van der Waals surface area contributed by atoms with Crippen LogP contribution in [0.15, 0.2) is 41.2 Å². The van der Waals surface area contributed by atoms with Crippen molar-refractivity contribution in [1.82, 2.24) is 0 Å². The van der Waals surface area contributed by atoms with E-state index in [4.69, 9.17) is 10.5 Å². The Hall–Kier alpha value is -1.72. The molecule has 0 aliphatic carbocycles. The summed E-state index contributed by atoms with van der Waals surface area (Å²) in [6.07, 6.45) is 1.51. The molecule has 2 aliphatic heterocycles. The number of benzene rings is 1. The summed E-state index contributed by atoms with van der Waals surface area (Å²) in [7, 11) is 0. The minimum atomic E-state index is -0.531. The quantitative estimate of drug-likeness (QED) is 0.850. The van der Waals surface area contributed by atoms with E-state index in [1.165, 1.54) is 6.26 Å². The molecule has 2 heterocycles. The van der Waals surface area contributed by atoms with Crippen molar-refractivity contribution in [2.45, 2.75) is 0 Å². The van der Waals surface area contributed by atoms with Crippen molar-refractivity contribution in [3.05, 3.63) is 36.2 Å². The average molecular weight is 288 g/mol. The molecule has 0 unspecified atom stereocenters. The van der Waals surface area contributed by atoms with Crippen LogP contribution >= 0.6 is 24.8 Å². The molecule has 2 aliphatic rings. The van der Waals surface area contributed by atoms with Crippen molar-refractivity contribution in [2.75, 3.05) is 11.6 Å². The molecular formula is C11H11Cl2N3O2. The van der Waals surface area contributed by atoms with Crippen LogP contribution in [0.25, 0.3) is 0 Å². The molecule has 0 fully saturated rings. The van der Waals surface area contributed by atoms with Crippen molar-refractivity contribution in [2.24, 2.45) is 10.7 Å². The van der Waals surface area contributed by atoms with E-state index in [0.29, 0.717) is 12.4 Å². The van der Waals surface area contributed by atoms with Crippen molar-refractivity contribution < 1.29 is 9.53 Å². The van der Waals surface area contributed by atoms with Gasteiger partial charge in [-0.15, -0.1) is 24.8 Å². The number of ether oxygens (including phenoxy) is 1. The van der Waals surface area contributed by atoms with E-state index in [0.717, 1.165) is 11.4 Å². The highest BCUT2D eigenvalue weighted by Gasteiger charge is 2.31. The van der Waals surface area contributed by atoms with Gasteiger partial charge in [0, 0.05) is 0 Å². The van der Waals surface area contributed by atoms with Gasteiger partial charge in [0.05, 0.1) is 5.69 Å². The molecule has 3 rings (SSSR count). The molecule has 0 atom stereocenters. The first kappa shape index (κ1) is 14.3. The number of amides is 1. The molecule has 5 nitrogen and oxygen atoms in total. The van der Waals surface area contributed by atoms with Crippen LogP contribution in [-0.4, -0.2) is 18.3 Å². The highest BCUT2D eigenvalue weighted by molar-refractivity contribution is 6.46. The van der Waals surface area contributed by atoms with Gasteiger partial charge in [-0.25, -0.2) is 0 Å². The molecule has 0 bridgehead atoms. The number of fused-ring (bicyclic) bond motifs is 3. The Labute approximate surface area is 116 Å². The highest BCUT2D eigenvalue weighted by Crippen LogP contribution is 2.36. The van der Waals surface area contributed by atoms with Gasteiger partial charge >= 0.3 is 0 Å². The molecule has 18 heavy (non-hydrogen) atoms. The fourth-order valence-electron chi connectivity index (χ4n) is 1.86. The third kappa shape index (κ3) is 2.02. The van der Waals surface area contributed by atoms with Gasteiger partial charge in [0.1, 0.15) is 24.4 Å². The second-order valence-electron chi connectivity index (χ2n) is 3.53. The van der Waals surface area contributed by atoms with Crippen LogP contribution in [0.1, 0.15) is 0 Å². The van der Waals surface area contributed by atoms with Crippen LogP contribution in [0.2, 0.25) is 0 Å². The van der Waals surface area contributed by atoms with E-state index in [2.05, 4.69) is 4.99 Å². The molecular weight excluding hydrogens is 277 g/mol. The van der Waals surface area contributed by atoms with E-state index in [9.17, 15) is 4.79 Å². The fourth-order valence-corrected chi connectivity index (χ4v) is 1.86. The van der Waals surface area contributed by atoms with Crippen molar-refractivity contribution in [3.63, 3.8) is 0 Å². The Kier molecular flexibility index (Phi) is 4.21. The summed E-state index contributed by atoms with van der Waals surface area (Å²) < 4.78 is 5.43. The SMILES string of the molecule is Cl.Cl.NC(=O)C1=NCN2C1=COc1ccccc12. The zero-order valence-corrected chi connectivity index (χ0v) is 10.8. The van der Waals surface area contributed by atoms with Crippen LogP contribution in [-0.2, 0) is 4.79 Å². The topological polar surface area (TPSA) is 67.9 Å².